The third kappa shape index (κ3) is 3.38. The van der Waals surface area contributed by atoms with Gasteiger partial charge in [0.1, 0.15) is 0 Å². The molecule has 0 saturated heterocycles. The Hall–Kier alpha value is 0.844. The standard InChI is InChI=1S/C10H18.Y/c1-8-5-6-10(3,4)7-9(8)2;/h5-7H2,1-4H3;. The van der Waals surface area contributed by atoms with Crippen molar-refractivity contribution in [3.63, 3.8) is 0 Å². The Morgan fingerprint density at radius 2 is 1.64 bits per heavy atom. The molecule has 0 bridgehead atoms. The minimum atomic E-state index is 0. The van der Waals surface area contributed by atoms with Crippen molar-refractivity contribution in [2.45, 2.75) is 47.0 Å². The number of allylic oxidation sites excluding steroid dienone is 2. The molecule has 0 fully saturated rings. The summed E-state index contributed by atoms with van der Waals surface area (Å²) in [5, 5.41) is 0. The quantitative estimate of drug-likeness (QED) is 0.555. The zero-order chi connectivity index (χ0) is 7.78. The van der Waals surface area contributed by atoms with Crippen molar-refractivity contribution in [3.8, 4) is 0 Å². The molecular weight excluding hydrogens is 209 g/mol. The summed E-state index contributed by atoms with van der Waals surface area (Å²) in [6.45, 7) is 9.27. The average molecular weight is 227 g/mol. The first kappa shape index (κ1) is 11.8. The molecule has 1 rings (SSSR count). The Bertz CT molecular complexity index is 166. The molecule has 0 atom stereocenters. The summed E-state index contributed by atoms with van der Waals surface area (Å²) in [4.78, 5) is 0. The van der Waals surface area contributed by atoms with Gasteiger partial charge in [-0.15, -0.1) is 0 Å². The summed E-state index contributed by atoms with van der Waals surface area (Å²) in [5.74, 6) is 0. The van der Waals surface area contributed by atoms with E-state index in [1.165, 1.54) is 19.3 Å². The SMILES string of the molecule is CC1=C(C)CC(C)(C)CC1.[Y]. The average Bonchev–Trinajstić information content (AvgIpc) is 1.79. The third-order valence-corrected chi connectivity index (χ3v) is 2.65. The Morgan fingerprint density at radius 1 is 1.09 bits per heavy atom. The van der Waals surface area contributed by atoms with Crippen molar-refractivity contribution in [2.24, 2.45) is 5.41 Å². The van der Waals surface area contributed by atoms with E-state index in [1.807, 2.05) is 0 Å². The molecule has 0 nitrogen and oxygen atoms in total. The van der Waals surface area contributed by atoms with Crippen LogP contribution in [0.5, 0.6) is 0 Å². The second kappa shape index (κ2) is 4.19. The van der Waals surface area contributed by atoms with Gasteiger partial charge in [0.15, 0.2) is 0 Å². The van der Waals surface area contributed by atoms with E-state index in [4.69, 9.17) is 0 Å². The van der Waals surface area contributed by atoms with Gasteiger partial charge >= 0.3 is 0 Å². The summed E-state index contributed by atoms with van der Waals surface area (Å²) < 4.78 is 0. The summed E-state index contributed by atoms with van der Waals surface area (Å²) in [6.07, 6.45) is 3.99. The molecule has 0 spiro atoms. The van der Waals surface area contributed by atoms with Gasteiger partial charge in [0.05, 0.1) is 0 Å². The van der Waals surface area contributed by atoms with Gasteiger partial charge in [0.2, 0.25) is 0 Å². The van der Waals surface area contributed by atoms with E-state index in [9.17, 15) is 0 Å². The molecular formula is C10H18Y. The maximum atomic E-state index is 2.36. The zero-order valence-corrected chi connectivity index (χ0v) is 11.0. The molecule has 1 aliphatic carbocycles. The van der Waals surface area contributed by atoms with Crippen LogP contribution in [0.15, 0.2) is 11.1 Å². The molecule has 11 heavy (non-hydrogen) atoms. The van der Waals surface area contributed by atoms with Gasteiger partial charge in [-0.05, 0) is 38.5 Å². The van der Waals surface area contributed by atoms with Crippen molar-refractivity contribution in [3.05, 3.63) is 11.1 Å². The van der Waals surface area contributed by atoms with Crippen LogP contribution in [-0.2, 0) is 32.7 Å². The van der Waals surface area contributed by atoms with Gasteiger partial charge in [-0.2, -0.15) is 0 Å². The van der Waals surface area contributed by atoms with Crippen molar-refractivity contribution < 1.29 is 32.7 Å². The molecule has 0 heterocycles. The fraction of sp³-hybridized carbons (Fsp3) is 0.800. The van der Waals surface area contributed by atoms with E-state index >= 15 is 0 Å². The summed E-state index contributed by atoms with van der Waals surface area (Å²) in [7, 11) is 0. The maximum absolute atomic E-state index is 2.36. The van der Waals surface area contributed by atoms with Crippen LogP contribution in [0.4, 0.5) is 0 Å². The van der Waals surface area contributed by atoms with E-state index in [2.05, 4.69) is 27.7 Å². The molecule has 0 unspecified atom stereocenters. The molecule has 0 aromatic carbocycles. The van der Waals surface area contributed by atoms with E-state index in [1.54, 1.807) is 11.1 Å². The number of rotatable bonds is 0. The Kier molecular flexibility index (Phi) is 4.51. The smallest absolute Gasteiger partial charge is 0 e. The van der Waals surface area contributed by atoms with Gasteiger partial charge in [-0.25, -0.2) is 0 Å². The Morgan fingerprint density at radius 3 is 2.00 bits per heavy atom. The van der Waals surface area contributed by atoms with Crippen LogP contribution in [0.2, 0.25) is 0 Å². The molecule has 0 amide bonds. The Balaban J connectivity index is 0.000001000. The first-order chi connectivity index (χ1) is 4.51. The van der Waals surface area contributed by atoms with Crippen LogP contribution >= 0.6 is 0 Å². The van der Waals surface area contributed by atoms with Crippen LogP contribution in [0, 0.1) is 5.41 Å². The third-order valence-electron chi connectivity index (χ3n) is 2.65. The van der Waals surface area contributed by atoms with Crippen molar-refractivity contribution in [1.29, 1.82) is 0 Å². The largest absolute Gasteiger partial charge is 0.0744 e. The van der Waals surface area contributed by atoms with Gasteiger partial charge in [0, 0.05) is 32.7 Å². The normalized spacial score (nSPS) is 22.9. The van der Waals surface area contributed by atoms with Crippen LogP contribution in [0.1, 0.15) is 47.0 Å². The van der Waals surface area contributed by atoms with Gasteiger partial charge < -0.3 is 0 Å². The summed E-state index contributed by atoms with van der Waals surface area (Å²) in [5.41, 5.74) is 3.82. The van der Waals surface area contributed by atoms with Crippen molar-refractivity contribution in [1.82, 2.24) is 0 Å². The van der Waals surface area contributed by atoms with Crippen LogP contribution in [0.3, 0.4) is 0 Å². The Labute approximate surface area is 95.7 Å². The van der Waals surface area contributed by atoms with E-state index in [0.717, 1.165) is 0 Å². The number of hydrogen-bond acceptors (Lipinski definition) is 0. The minimum Gasteiger partial charge on any atom is -0.0744 e. The van der Waals surface area contributed by atoms with Crippen LogP contribution in [0.25, 0.3) is 0 Å². The molecule has 1 aliphatic rings. The van der Waals surface area contributed by atoms with Gasteiger partial charge in [0.25, 0.3) is 0 Å². The molecule has 0 N–H and O–H groups in total. The van der Waals surface area contributed by atoms with Crippen molar-refractivity contribution >= 4 is 0 Å². The predicted octanol–water partition coefficient (Wildman–Crippen LogP) is 3.53. The topological polar surface area (TPSA) is 0 Å². The predicted molar refractivity (Wildman–Crippen MR) is 46.0 cm³/mol. The molecule has 0 aromatic heterocycles. The first-order valence-corrected chi connectivity index (χ1v) is 4.16. The molecule has 0 aromatic rings. The molecule has 1 heteroatoms. The van der Waals surface area contributed by atoms with Gasteiger partial charge in [-0.3, -0.25) is 0 Å². The minimum absolute atomic E-state index is 0. The molecule has 61 valence electrons. The second-order valence-corrected chi connectivity index (χ2v) is 4.40. The van der Waals surface area contributed by atoms with E-state index in [0.29, 0.717) is 5.41 Å². The van der Waals surface area contributed by atoms with Gasteiger partial charge in [-0.1, -0.05) is 25.0 Å². The fourth-order valence-electron chi connectivity index (χ4n) is 1.70. The fourth-order valence-corrected chi connectivity index (χ4v) is 1.70. The first-order valence-electron chi connectivity index (χ1n) is 4.16. The second-order valence-electron chi connectivity index (χ2n) is 4.40. The maximum Gasteiger partial charge on any atom is 0 e. The molecule has 1 radical (unpaired) electrons. The van der Waals surface area contributed by atoms with E-state index < -0.39 is 0 Å². The summed E-state index contributed by atoms with van der Waals surface area (Å²) in [6, 6.07) is 0. The number of hydrogen-bond donors (Lipinski definition) is 0. The van der Waals surface area contributed by atoms with E-state index in [-0.39, 0.29) is 32.7 Å². The van der Waals surface area contributed by atoms with Crippen LogP contribution in [-0.4, -0.2) is 0 Å². The molecule has 0 saturated carbocycles. The molecule has 0 aliphatic heterocycles. The van der Waals surface area contributed by atoms with Crippen LogP contribution < -0.4 is 0 Å². The summed E-state index contributed by atoms with van der Waals surface area (Å²) >= 11 is 0. The van der Waals surface area contributed by atoms with Crippen molar-refractivity contribution in [2.75, 3.05) is 0 Å². The monoisotopic (exact) mass is 227 g/mol. The zero-order valence-electron chi connectivity index (χ0n) is 8.20.